The highest BCUT2D eigenvalue weighted by molar-refractivity contribution is 6.13. The van der Waals surface area contributed by atoms with Gasteiger partial charge in [0.05, 0.1) is 5.52 Å². The average molecular weight is 498 g/mol. The zero-order chi connectivity index (χ0) is 26.1. The molecule has 0 amide bonds. The lowest BCUT2D eigenvalue weighted by molar-refractivity contribution is 1.05. The van der Waals surface area contributed by atoms with E-state index in [4.69, 9.17) is 0 Å². The highest BCUT2D eigenvalue weighted by atomic mass is 15.0. The van der Waals surface area contributed by atoms with E-state index in [0.29, 0.717) is 0 Å². The molecule has 0 spiro atoms. The van der Waals surface area contributed by atoms with Gasteiger partial charge < -0.3 is 4.57 Å². The van der Waals surface area contributed by atoms with Crippen LogP contribution in [0.3, 0.4) is 0 Å². The molecule has 0 N–H and O–H groups in total. The van der Waals surface area contributed by atoms with Crippen LogP contribution in [0.1, 0.15) is 11.3 Å². The molecule has 39 heavy (non-hydrogen) atoms. The SMILES string of the molecule is Cc1c(C)n(-c2ccc3cc4ccccc4cc3c2)c2c1ccc1c(-c3ccc4ccccc4c3)cccc12. The molecule has 0 aliphatic heterocycles. The van der Waals surface area contributed by atoms with Crippen molar-refractivity contribution in [1.29, 1.82) is 0 Å². The van der Waals surface area contributed by atoms with Crippen molar-refractivity contribution >= 4 is 54.0 Å². The van der Waals surface area contributed by atoms with Crippen molar-refractivity contribution in [2.24, 2.45) is 0 Å². The van der Waals surface area contributed by atoms with Crippen molar-refractivity contribution in [1.82, 2.24) is 4.57 Å². The molecule has 184 valence electrons. The predicted molar refractivity (Wildman–Crippen MR) is 168 cm³/mol. The lowest BCUT2D eigenvalue weighted by atomic mass is 9.95. The number of aromatic nitrogens is 1. The van der Waals surface area contributed by atoms with Crippen molar-refractivity contribution in [2.75, 3.05) is 0 Å². The number of benzene rings is 7. The van der Waals surface area contributed by atoms with Crippen LogP contribution < -0.4 is 0 Å². The minimum Gasteiger partial charge on any atom is -0.313 e. The van der Waals surface area contributed by atoms with E-state index in [0.717, 1.165) is 0 Å². The third-order valence-corrected chi connectivity index (χ3v) is 8.55. The Hall–Kier alpha value is -4.88. The van der Waals surface area contributed by atoms with Crippen molar-refractivity contribution in [3.63, 3.8) is 0 Å². The van der Waals surface area contributed by atoms with Gasteiger partial charge in [0.25, 0.3) is 0 Å². The molecule has 1 heteroatoms. The maximum atomic E-state index is 2.46. The fourth-order valence-electron chi connectivity index (χ4n) is 6.41. The quantitative estimate of drug-likeness (QED) is 0.209. The van der Waals surface area contributed by atoms with Crippen molar-refractivity contribution in [3.05, 3.63) is 139 Å². The first kappa shape index (κ1) is 22.1. The van der Waals surface area contributed by atoms with Gasteiger partial charge in [-0.25, -0.2) is 0 Å². The Balaban J connectivity index is 1.40. The monoisotopic (exact) mass is 497 g/mol. The summed E-state index contributed by atoms with van der Waals surface area (Å²) >= 11 is 0. The van der Waals surface area contributed by atoms with Crippen LogP contribution >= 0.6 is 0 Å². The number of nitrogens with zero attached hydrogens (tertiary/aromatic N) is 1. The molecule has 0 atom stereocenters. The van der Waals surface area contributed by atoms with Crippen LogP contribution in [0, 0.1) is 13.8 Å². The Morgan fingerprint density at radius 1 is 0.436 bits per heavy atom. The Labute approximate surface area is 227 Å². The molecular formula is C38H27N. The maximum Gasteiger partial charge on any atom is 0.0612 e. The Morgan fingerprint density at radius 3 is 1.87 bits per heavy atom. The smallest absolute Gasteiger partial charge is 0.0612 e. The largest absolute Gasteiger partial charge is 0.313 e. The highest BCUT2D eigenvalue weighted by Crippen LogP contribution is 2.39. The first-order valence-electron chi connectivity index (χ1n) is 13.6. The zero-order valence-corrected chi connectivity index (χ0v) is 22.1. The van der Waals surface area contributed by atoms with E-state index in [1.54, 1.807) is 0 Å². The van der Waals surface area contributed by atoms with E-state index in [2.05, 4.69) is 146 Å². The summed E-state index contributed by atoms with van der Waals surface area (Å²) in [6, 6.07) is 46.9. The van der Waals surface area contributed by atoms with Crippen LogP contribution in [0.5, 0.6) is 0 Å². The molecule has 1 heterocycles. The molecule has 1 nitrogen and oxygen atoms in total. The predicted octanol–water partition coefficient (Wildman–Crippen LogP) is 10.5. The maximum absolute atomic E-state index is 2.46. The van der Waals surface area contributed by atoms with Gasteiger partial charge in [-0.2, -0.15) is 0 Å². The first-order chi connectivity index (χ1) is 19.2. The minimum atomic E-state index is 1.21. The van der Waals surface area contributed by atoms with Gasteiger partial charge in [-0.05, 0) is 98.6 Å². The second kappa shape index (κ2) is 8.31. The molecule has 0 saturated carbocycles. The van der Waals surface area contributed by atoms with E-state index >= 15 is 0 Å². The molecule has 0 unspecified atom stereocenters. The summed E-state index contributed by atoms with van der Waals surface area (Å²) in [6.45, 7) is 4.50. The number of rotatable bonds is 2. The Morgan fingerprint density at radius 2 is 1.08 bits per heavy atom. The summed E-state index contributed by atoms with van der Waals surface area (Å²) in [5.74, 6) is 0. The average Bonchev–Trinajstić information content (AvgIpc) is 3.25. The molecule has 0 radical (unpaired) electrons. The van der Waals surface area contributed by atoms with Crippen LogP contribution in [0.4, 0.5) is 0 Å². The van der Waals surface area contributed by atoms with E-state index in [9.17, 15) is 0 Å². The second-order valence-electron chi connectivity index (χ2n) is 10.7. The molecular weight excluding hydrogens is 470 g/mol. The van der Waals surface area contributed by atoms with Gasteiger partial charge in [0.1, 0.15) is 0 Å². The minimum absolute atomic E-state index is 1.21. The van der Waals surface area contributed by atoms with Crippen LogP contribution in [-0.2, 0) is 0 Å². The lowest BCUT2D eigenvalue weighted by Crippen LogP contribution is -1.97. The van der Waals surface area contributed by atoms with E-state index in [1.165, 1.54) is 82.1 Å². The van der Waals surface area contributed by atoms with Crippen LogP contribution in [0.2, 0.25) is 0 Å². The van der Waals surface area contributed by atoms with Gasteiger partial charge in [0, 0.05) is 22.2 Å². The van der Waals surface area contributed by atoms with Crippen LogP contribution in [0.25, 0.3) is 70.8 Å². The van der Waals surface area contributed by atoms with Gasteiger partial charge >= 0.3 is 0 Å². The molecule has 1 aromatic heterocycles. The molecule has 7 aromatic carbocycles. The fraction of sp³-hybridized carbons (Fsp3) is 0.0526. The highest BCUT2D eigenvalue weighted by Gasteiger charge is 2.17. The van der Waals surface area contributed by atoms with Gasteiger partial charge in [0.15, 0.2) is 0 Å². The number of hydrogen-bond acceptors (Lipinski definition) is 0. The molecule has 0 bridgehead atoms. The number of aryl methyl sites for hydroxylation is 1. The summed E-state index contributed by atoms with van der Waals surface area (Å²) < 4.78 is 2.46. The number of fused-ring (bicyclic) bond motifs is 6. The topological polar surface area (TPSA) is 4.93 Å². The van der Waals surface area contributed by atoms with Gasteiger partial charge in [-0.15, -0.1) is 0 Å². The van der Waals surface area contributed by atoms with Crippen molar-refractivity contribution in [2.45, 2.75) is 13.8 Å². The Bertz CT molecular complexity index is 2250. The summed E-state index contributed by atoms with van der Waals surface area (Å²) in [5.41, 5.74) is 7.63. The lowest BCUT2D eigenvalue weighted by Gasteiger charge is -2.14. The zero-order valence-electron chi connectivity index (χ0n) is 22.1. The summed E-state index contributed by atoms with van der Waals surface area (Å²) in [7, 11) is 0. The van der Waals surface area contributed by atoms with E-state index < -0.39 is 0 Å². The van der Waals surface area contributed by atoms with Crippen molar-refractivity contribution < 1.29 is 0 Å². The molecule has 0 aliphatic rings. The summed E-state index contributed by atoms with van der Waals surface area (Å²) in [6.07, 6.45) is 0. The standard InChI is InChI=1S/C38H27N/c1-24-25(2)39(33-17-16-30-20-28-10-5-6-11-29(28)22-32(30)23-33)38-34(24)18-19-36-35(12-7-13-37(36)38)31-15-14-26-8-3-4-9-27(26)21-31/h3-23H,1-2H3. The van der Waals surface area contributed by atoms with E-state index in [-0.39, 0.29) is 0 Å². The molecule has 0 saturated heterocycles. The van der Waals surface area contributed by atoms with Crippen LogP contribution in [-0.4, -0.2) is 4.57 Å². The molecule has 0 fully saturated rings. The molecule has 0 aliphatic carbocycles. The second-order valence-corrected chi connectivity index (χ2v) is 10.7. The fourth-order valence-corrected chi connectivity index (χ4v) is 6.41. The van der Waals surface area contributed by atoms with Gasteiger partial charge in [0.2, 0.25) is 0 Å². The molecule has 8 aromatic rings. The normalized spacial score (nSPS) is 11.8. The van der Waals surface area contributed by atoms with Crippen LogP contribution in [0.15, 0.2) is 127 Å². The van der Waals surface area contributed by atoms with Gasteiger partial charge in [-0.3, -0.25) is 0 Å². The van der Waals surface area contributed by atoms with Crippen molar-refractivity contribution in [3.8, 4) is 16.8 Å². The molecule has 8 rings (SSSR count). The number of hydrogen-bond donors (Lipinski definition) is 0. The Kier molecular flexibility index (Phi) is 4.72. The first-order valence-corrected chi connectivity index (χ1v) is 13.6. The van der Waals surface area contributed by atoms with E-state index in [1.807, 2.05) is 0 Å². The summed E-state index contributed by atoms with van der Waals surface area (Å²) in [5, 5.41) is 11.5. The van der Waals surface area contributed by atoms with Gasteiger partial charge in [-0.1, -0.05) is 97.1 Å². The summed E-state index contributed by atoms with van der Waals surface area (Å²) in [4.78, 5) is 0. The third-order valence-electron chi connectivity index (χ3n) is 8.55. The third kappa shape index (κ3) is 3.33.